The molecule has 0 spiro atoms. The summed E-state index contributed by atoms with van der Waals surface area (Å²) in [6.45, 7) is 10.1. The van der Waals surface area contributed by atoms with E-state index in [1.807, 2.05) is 33.8 Å². The number of H-pyrrole nitrogens is 1. The molecular weight excluding hydrogens is 366 g/mol. The van der Waals surface area contributed by atoms with Gasteiger partial charge in [-0.3, -0.25) is 0 Å². The van der Waals surface area contributed by atoms with Crippen molar-refractivity contribution < 1.29 is 21.1 Å². The molecule has 16 heavy (non-hydrogen) atoms. The molecule has 2 aromatic rings. The van der Waals surface area contributed by atoms with Crippen LogP contribution in [0.2, 0.25) is 0 Å². The fourth-order valence-electron chi connectivity index (χ4n) is 1.22. The van der Waals surface area contributed by atoms with Crippen molar-refractivity contribution in [2.45, 2.75) is 34.6 Å². The van der Waals surface area contributed by atoms with Gasteiger partial charge in [-0.05, 0) is 24.4 Å². The van der Waals surface area contributed by atoms with Crippen LogP contribution in [0.25, 0.3) is 10.9 Å². The van der Waals surface area contributed by atoms with Crippen LogP contribution in [-0.2, 0) is 21.1 Å². The van der Waals surface area contributed by atoms with Gasteiger partial charge >= 0.3 is 0 Å². The summed E-state index contributed by atoms with van der Waals surface area (Å²) in [7, 11) is 0. The zero-order valence-electron chi connectivity index (χ0n) is 11.3. The summed E-state index contributed by atoms with van der Waals surface area (Å²) >= 11 is 0. The quantitative estimate of drug-likeness (QED) is 0.611. The second-order valence-corrected chi connectivity index (χ2v) is 2.54. The largest absolute Gasteiger partial charge is 0.359 e. The maximum Gasteiger partial charge on any atom is 0.0455 e. The standard InChI is InChI=1S/C9H9N.2C2H6.CH3.W/c1-7-6-8-4-2-3-5-9(8)10-7;2*1-2;;/h2-6,10H,1H3;2*1-2H3;1H3;/q;;;-1;. The summed E-state index contributed by atoms with van der Waals surface area (Å²) < 4.78 is 0. The molecule has 1 nitrogen and oxygen atoms in total. The molecular formula is C14H24NW-. The van der Waals surface area contributed by atoms with Gasteiger partial charge in [0.05, 0.1) is 0 Å². The van der Waals surface area contributed by atoms with Crippen molar-refractivity contribution in [3.8, 4) is 0 Å². The van der Waals surface area contributed by atoms with Crippen molar-refractivity contribution >= 4 is 10.9 Å². The molecule has 2 heteroatoms. The number of nitrogens with one attached hydrogen (secondary N) is 1. The van der Waals surface area contributed by atoms with E-state index in [-0.39, 0.29) is 28.5 Å². The SMILES string of the molecule is CC.CC.Cc1cc2ccccc2[nH]1.[CH3-].[W]. The molecule has 1 heterocycles. The second kappa shape index (κ2) is 12.5. The van der Waals surface area contributed by atoms with Gasteiger partial charge in [0, 0.05) is 32.3 Å². The van der Waals surface area contributed by atoms with Gasteiger partial charge < -0.3 is 12.4 Å². The van der Waals surface area contributed by atoms with Crippen LogP contribution in [0.5, 0.6) is 0 Å². The van der Waals surface area contributed by atoms with E-state index in [0.717, 1.165) is 0 Å². The van der Waals surface area contributed by atoms with Gasteiger partial charge in [0.15, 0.2) is 0 Å². The van der Waals surface area contributed by atoms with Crippen molar-refractivity contribution in [2.75, 3.05) is 0 Å². The number of rotatable bonds is 0. The number of aromatic amines is 1. The first kappa shape index (κ1) is 20.8. The maximum atomic E-state index is 3.26. The Morgan fingerprint density at radius 3 is 1.94 bits per heavy atom. The van der Waals surface area contributed by atoms with Gasteiger partial charge in [-0.1, -0.05) is 45.9 Å². The molecule has 0 aliphatic rings. The van der Waals surface area contributed by atoms with Crippen molar-refractivity contribution in [3.63, 3.8) is 0 Å². The average Bonchev–Trinajstić information content (AvgIpc) is 2.64. The molecule has 1 N–H and O–H groups in total. The average molecular weight is 390 g/mol. The molecule has 0 aliphatic carbocycles. The Morgan fingerprint density at radius 2 is 1.44 bits per heavy atom. The van der Waals surface area contributed by atoms with Crippen LogP contribution in [-0.4, -0.2) is 4.98 Å². The minimum atomic E-state index is 0. The number of hydrogen-bond donors (Lipinski definition) is 1. The van der Waals surface area contributed by atoms with E-state index in [0.29, 0.717) is 0 Å². The van der Waals surface area contributed by atoms with Gasteiger partial charge in [-0.15, -0.1) is 0 Å². The number of hydrogen-bond acceptors (Lipinski definition) is 0. The monoisotopic (exact) mass is 390 g/mol. The summed E-state index contributed by atoms with van der Waals surface area (Å²) in [4.78, 5) is 3.26. The summed E-state index contributed by atoms with van der Waals surface area (Å²) in [6.07, 6.45) is 0. The van der Waals surface area contributed by atoms with Gasteiger partial charge in [0.25, 0.3) is 0 Å². The Hall–Kier alpha value is -0.552. The topological polar surface area (TPSA) is 15.8 Å². The summed E-state index contributed by atoms with van der Waals surface area (Å²) in [5, 5.41) is 1.29. The number of aromatic nitrogens is 1. The fraction of sp³-hybridized carbons (Fsp3) is 0.357. The zero-order valence-corrected chi connectivity index (χ0v) is 14.2. The summed E-state index contributed by atoms with van der Waals surface area (Å²) in [5.74, 6) is 0. The van der Waals surface area contributed by atoms with Gasteiger partial charge in [-0.25, -0.2) is 0 Å². The summed E-state index contributed by atoms with van der Waals surface area (Å²) in [6, 6.07) is 10.4. The smallest absolute Gasteiger partial charge is 0.0455 e. The van der Waals surface area contributed by atoms with Crippen LogP contribution in [0.4, 0.5) is 0 Å². The molecule has 1 aromatic heterocycles. The van der Waals surface area contributed by atoms with E-state index >= 15 is 0 Å². The van der Waals surface area contributed by atoms with E-state index in [1.165, 1.54) is 16.6 Å². The van der Waals surface area contributed by atoms with Crippen LogP contribution in [0, 0.1) is 14.4 Å². The molecule has 0 atom stereocenters. The van der Waals surface area contributed by atoms with Crippen LogP contribution in [0.15, 0.2) is 30.3 Å². The van der Waals surface area contributed by atoms with Crippen molar-refractivity contribution in [1.29, 1.82) is 0 Å². The third-order valence-electron chi connectivity index (χ3n) is 1.66. The van der Waals surface area contributed by atoms with E-state index < -0.39 is 0 Å². The third kappa shape index (κ3) is 6.12. The predicted molar refractivity (Wildman–Crippen MR) is 72.1 cm³/mol. The molecule has 92 valence electrons. The van der Waals surface area contributed by atoms with Crippen LogP contribution < -0.4 is 0 Å². The molecule has 0 fully saturated rings. The minimum Gasteiger partial charge on any atom is -0.359 e. The van der Waals surface area contributed by atoms with E-state index in [2.05, 4.69) is 36.2 Å². The zero-order chi connectivity index (χ0) is 11.0. The number of aryl methyl sites for hydroxylation is 1. The molecule has 0 saturated carbocycles. The maximum absolute atomic E-state index is 3.26. The fourth-order valence-corrected chi connectivity index (χ4v) is 1.22. The first-order chi connectivity index (χ1) is 6.86. The normalized spacial score (nSPS) is 7.31. The summed E-state index contributed by atoms with van der Waals surface area (Å²) in [5.41, 5.74) is 2.45. The molecule has 0 unspecified atom stereocenters. The first-order valence-corrected chi connectivity index (χ1v) is 5.40. The van der Waals surface area contributed by atoms with Gasteiger partial charge in [-0.2, -0.15) is 0 Å². The van der Waals surface area contributed by atoms with Crippen molar-refractivity contribution in [3.05, 3.63) is 43.5 Å². The van der Waals surface area contributed by atoms with E-state index in [1.54, 1.807) is 0 Å². The molecule has 0 bridgehead atoms. The molecule has 0 amide bonds. The minimum absolute atomic E-state index is 0. The number of fused-ring (bicyclic) bond motifs is 1. The molecule has 2 rings (SSSR count). The van der Waals surface area contributed by atoms with Crippen molar-refractivity contribution in [2.24, 2.45) is 0 Å². The van der Waals surface area contributed by atoms with Crippen LogP contribution >= 0.6 is 0 Å². The number of benzene rings is 1. The third-order valence-corrected chi connectivity index (χ3v) is 1.66. The molecule has 0 aliphatic heterocycles. The van der Waals surface area contributed by atoms with Crippen LogP contribution in [0.1, 0.15) is 33.4 Å². The molecule has 1 aromatic carbocycles. The van der Waals surface area contributed by atoms with Gasteiger partial charge in [0.1, 0.15) is 0 Å². The number of para-hydroxylation sites is 1. The Labute approximate surface area is 115 Å². The van der Waals surface area contributed by atoms with Crippen molar-refractivity contribution in [1.82, 2.24) is 4.98 Å². The first-order valence-electron chi connectivity index (χ1n) is 5.40. The molecule has 0 saturated heterocycles. The Bertz CT molecular complexity index is 319. The predicted octanol–water partition coefficient (Wildman–Crippen LogP) is 4.98. The Kier molecular flexibility index (Phi) is 16.3. The van der Waals surface area contributed by atoms with Gasteiger partial charge in [0.2, 0.25) is 0 Å². The van der Waals surface area contributed by atoms with E-state index in [9.17, 15) is 0 Å². The Morgan fingerprint density at radius 1 is 0.938 bits per heavy atom. The Balaban J connectivity index is -0.000000257. The molecule has 0 radical (unpaired) electrons. The second-order valence-electron chi connectivity index (χ2n) is 2.54. The van der Waals surface area contributed by atoms with E-state index in [4.69, 9.17) is 0 Å². The van der Waals surface area contributed by atoms with Crippen LogP contribution in [0.3, 0.4) is 0 Å².